The summed E-state index contributed by atoms with van der Waals surface area (Å²) in [6.07, 6.45) is 7.32. The summed E-state index contributed by atoms with van der Waals surface area (Å²) in [5.74, 6) is 0. The third-order valence-electron chi connectivity index (χ3n) is 2.14. The van der Waals surface area contributed by atoms with E-state index in [2.05, 4.69) is 0 Å². The molecule has 0 aliphatic heterocycles. The molecular weight excluding hydrogens is 216 g/mol. The third-order valence-corrected chi connectivity index (χ3v) is 2.14. The van der Waals surface area contributed by atoms with Crippen LogP contribution in [-0.2, 0) is 9.47 Å². The highest BCUT2D eigenvalue weighted by atomic mass is 16.7. The molecule has 0 aromatic carbocycles. The van der Waals surface area contributed by atoms with Crippen LogP contribution in [-0.4, -0.2) is 31.2 Å². The Labute approximate surface area is 104 Å². The minimum Gasteiger partial charge on any atom is -0.392 e. The molecule has 0 saturated heterocycles. The van der Waals surface area contributed by atoms with Crippen LogP contribution in [0.15, 0.2) is 35.5 Å². The zero-order chi connectivity index (χ0) is 13.1. The molecule has 0 aliphatic carbocycles. The van der Waals surface area contributed by atoms with Gasteiger partial charge in [0.05, 0.1) is 6.61 Å². The Balaban J connectivity index is 4.43. The highest BCUT2D eigenvalue weighted by Gasteiger charge is 2.08. The van der Waals surface area contributed by atoms with Gasteiger partial charge in [0.1, 0.15) is 0 Å². The molecule has 3 heteroatoms. The molecule has 0 heterocycles. The van der Waals surface area contributed by atoms with Gasteiger partial charge in [-0.15, -0.1) is 0 Å². The van der Waals surface area contributed by atoms with Crippen molar-refractivity contribution in [2.75, 3.05) is 19.8 Å². The van der Waals surface area contributed by atoms with E-state index in [0.29, 0.717) is 13.2 Å². The number of ether oxygens (including phenoxy) is 2. The number of rotatable bonds is 8. The molecule has 0 rings (SSSR count). The van der Waals surface area contributed by atoms with E-state index in [9.17, 15) is 0 Å². The Morgan fingerprint density at radius 2 is 1.76 bits per heavy atom. The fourth-order valence-electron chi connectivity index (χ4n) is 1.26. The smallest absolute Gasteiger partial charge is 0.179 e. The lowest BCUT2D eigenvalue weighted by Gasteiger charge is -2.17. The Morgan fingerprint density at radius 1 is 1.18 bits per heavy atom. The van der Waals surface area contributed by atoms with E-state index in [-0.39, 0.29) is 12.9 Å². The maximum Gasteiger partial charge on any atom is 0.179 e. The van der Waals surface area contributed by atoms with E-state index in [4.69, 9.17) is 14.6 Å². The van der Waals surface area contributed by atoms with E-state index in [1.165, 1.54) is 0 Å². The average molecular weight is 240 g/mol. The van der Waals surface area contributed by atoms with Crippen molar-refractivity contribution in [1.29, 1.82) is 0 Å². The van der Waals surface area contributed by atoms with Gasteiger partial charge in [-0.3, -0.25) is 0 Å². The van der Waals surface area contributed by atoms with Crippen LogP contribution in [0.1, 0.15) is 27.7 Å². The van der Waals surface area contributed by atoms with Crippen molar-refractivity contribution in [3.05, 3.63) is 35.5 Å². The molecule has 0 aromatic heterocycles. The van der Waals surface area contributed by atoms with Gasteiger partial charge in [-0.05, 0) is 33.3 Å². The molecule has 3 nitrogen and oxygen atoms in total. The van der Waals surface area contributed by atoms with Crippen LogP contribution in [0.2, 0.25) is 0 Å². The number of aliphatic hydroxyl groups excluding tert-OH is 1. The van der Waals surface area contributed by atoms with Crippen LogP contribution >= 0.6 is 0 Å². The maximum absolute atomic E-state index is 8.71. The number of hydrogen-bond acceptors (Lipinski definition) is 3. The first-order valence-electron chi connectivity index (χ1n) is 6.01. The Bertz CT molecular complexity index is 271. The van der Waals surface area contributed by atoms with Gasteiger partial charge in [-0.25, -0.2) is 0 Å². The molecule has 0 aliphatic rings. The van der Waals surface area contributed by atoms with Crippen molar-refractivity contribution in [3.63, 3.8) is 0 Å². The normalized spacial score (nSPS) is 14.0. The van der Waals surface area contributed by atoms with E-state index in [1.54, 1.807) is 6.08 Å². The molecule has 0 spiro atoms. The lowest BCUT2D eigenvalue weighted by Crippen LogP contribution is -2.18. The summed E-state index contributed by atoms with van der Waals surface area (Å²) in [5.41, 5.74) is 2.06. The van der Waals surface area contributed by atoms with E-state index >= 15 is 0 Å². The summed E-state index contributed by atoms with van der Waals surface area (Å²) in [4.78, 5) is 0. The standard InChI is InChI=1S/C14H24O3/c1-5-16-14(17-6-2)13(4)9-7-8-12(3)10-11-15/h7-10,14-15H,5-6,11H2,1-4H3/b8-7+,12-10+,13-9+. The topological polar surface area (TPSA) is 38.7 Å². The second-order valence-corrected chi connectivity index (χ2v) is 3.64. The van der Waals surface area contributed by atoms with Crippen LogP contribution < -0.4 is 0 Å². The number of hydrogen-bond donors (Lipinski definition) is 1. The molecule has 0 fully saturated rings. The molecule has 0 amide bonds. The first-order chi connectivity index (χ1) is 8.15. The third kappa shape index (κ3) is 7.91. The molecular formula is C14H24O3. The molecule has 0 unspecified atom stereocenters. The van der Waals surface area contributed by atoms with Gasteiger partial charge >= 0.3 is 0 Å². The molecule has 0 bridgehead atoms. The fraction of sp³-hybridized carbons (Fsp3) is 0.571. The fourth-order valence-corrected chi connectivity index (χ4v) is 1.26. The Morgan fingerprint density at radius 3 is 2.24 bits per heavy atom. The summed E-state index contributed by atoms with van der Waals surface area (Å²) in [6.45, 7) is 9.14. The van der Waals surface area contributed by atoms with Gasteiger partial charge in [0.2, 0.25) is 0 Å². The van der Waals surface area contributed by atoms with E-state index in [1.807, 2.05) is 45.9 Å². The van der Waals surface area contributed by atoms with Crippen molar-refractivity contribution >= 4 is 0 Å². The molecule has 0 aromatic rings. The molecule has 1 N–H and O–H groups in total. The zero-order valence-electron chi connectivity index (χ0n) is 11.3. The van der Waals surface area contributed by atoms with Crippen molar-refractivity contribution in [2.24, 2.45) is 0 Å². The number of allylic oxidation sites excluding steroid dienone is 4. The van der Waals surface area contributed by atoms with Gasteiger partial charge in [-0.2, -0.15) is 0 Å². The van der Waals surface area contributed by atoms with Gasteiger partial charge in [0.15, 0.2) is 6.29 Å². The minimum absolute atomic E-state index is 0.0688. The van der Waals surface area contributed by atoms with Crippen LogP contribution in [0.25, 0.3) is 0 Å². The van der Waals surface area contributed by atoms with Crippen LogP contribution in [0.3, 0.4) is 0 Å². The molecule has 98 valence electrons. The summed E-state index contributed by atoms with van der Waals surface area (Å²) in [6, 6.07) is 0. The van der Waals surface area contributed by atoms with Crippen LogP contribution in [0, 0.1) is 0 Å². The van der Waals surface area contributed by atoms with Crippen LogP contribution in [0.5, 0.6) is 0 Å². The second kappa shape index (κ2) is 10.3. The lowest BCUT2D eigenvalue weighted by atomic mass is 10.2. The highest BCUT2D eigenvalue weighted by molar-refractivity contribution is 5.22. The largest absolute Gasteiger partial charge is 0.392 e. The predicted molar refractivity (Wildman–Crippen MR) is 70.8 cm³/mol. The van der Waals surface area contributed by atoms with E-state index < -0.39 is 0 Å². The van der Waals surface area contributed by atoms with Gasteiger partial charge in [0.25, 0.3) is 0 Å². The SMILES string of the molecule is CCOC(OCC)/C(C)=C/C=C/C(C)=C/CO. The van der Waals surface area contributed by atoms with Crippen molar-refractivity contribution in [3.8, 4) is 0 Å². The van der Waals surface area contributed by atoms with Gasteiger partial charge in [-0.1, -0.05) is 29.9 Å². The number of aliphatic hydroxyl groups is 1. The van der Waals surface area contributed by atoms with Gasteiger partial charge in [0, 0.05) is 13.2 Å². The first kappa shape index (κ1) is 16.1. The summed E-state index contributed by atoms with van der Waals surface area (Å²) in [7, 11) is 0. The highest BCUT2D eigenvalue weighted by Crippen LogP contribution is 2.08. The van der Waals surface area contributed by atoms with Crippen molar-refractivity contribution in [2.45, 2.75) is 34.0 Å². The summed E-state index contributed by atoms with van der Waals surface area (Å²) < 4.78 is 10.9. The summed E-state index contributed by atoms with van der Waals surface area (Å²) in [5, 5.41) is 8.71. The molecule has 0 saturated carbocycles. The quantitative estimate of drug-likeness (QED) is 0.524. The molecule has 17 heavy (non-hydrogen) atoms. The maximum atomic E-state index is 8.71. The first-order valence-corrected chi connectivity index (χ1v) is 6.01. The monoisotopic (exact) mass is 240 g/mol. The molecule has 0 atom stereocenters. The van der Waals surface area contributed by atoms with Crippen molar-refractivity contribution < 1.29 is 14.6 Å². The second-order valence-electron chi connectivity index (χ2n) is 3.64. The summed E-state index contributed by atoms with van der Waals surface area (Å²) >= 11 is 0. The van der Waals surface area contributed by atoms with Crippen molar-refractivity contribution in [1.82, 2.24) is 0 Å². The zero-order valence-corrected chi connectivity index (χ0v) is 11.3. The van der Waals surface area contributed by atoms with Crippen LogP contribution in [0.4, 0.5) is 0 Å². The minimum atomic E-state index is -0.267. The van der Waals surface area contributed by atoms with Gasteiger partial charge < -0.3 is 14.6 Å². The Hall–Kier alpha value is -0.900. The molecule has 0 radical (unpaired) electrons. The van der Waals surface area contributed by atoms with E-state index in [0.717, 1.165) is 11.1 Å². The predicted octanol–water partition coefficient (Wildman–Crippen LogP) is 2.83. The average Bonchev–Trinajstić information content (AvgIpc) is 2.29. The lowest BCUT2D eigenvalue weighted by molar-refractivity contribution is -0.111. The Kier molecular flexibility index (Phi) is 9.72.